The van der Waals surface area contributed by atoms with Crippen LogP contribution in [0.4, 0.5) is 0 Å². The predicted octanol–water partition coefficient (Wildman–Crippen LogP) is 1.93. The Morgan fingerprint density at radius 2 is 1.74 bits per heavy atom. The molecule has 1 heterocycles. The third kappa shape index (κ3) is 2.16. The number of hydrogen-bond donors (Lipinski definition) is 1. The van der Waals surface area contributed by atoms with Gasteiger partial charge < -0.3 is 5.11 Å². The molecule has 0 bridgehead atoms. The summed E-state index contributed by atoms with van der Waals surface area (Å²) in [4.78, 5) is 23.6. The second kappa shape index (κ2) is 4.57. The van der Waals surface area contributed by atoms with E-state index >= 15 is 0 Å². The molecule has 5 nitrogen and oxygen atoms in total. The van der Waals surface area contributed by atoms with Crippen molar-refractivity contribution in [3.05, 3.63) is 34.7 Å². The standard InChI is InChI=1S/C14H18N2O3/c1-4-15-10-7-5-6-8-11(10)16(13(15)19)9-14(2,3)12(17)18/h5-8H,4,9H2,1-3H3,(H,17,18). The average Bonchev–Trinajstić information content (AvgIpc) is 2.62. The Labute approximate surface area is 111 Å². The van der Waals surface area contributed by atoms with E-state index in [4.69, 9.17) is 0 Å². The number of imidazole rings is 1. The van der Waals surface area contributed by atoms with Crippen LogP contribution in [0.15, 0.2) is 29.1 Å². The van der Waals surface area contributed by atoms with E-state index in [0.29, 0.717) is 6.54 Å². The Balaban J connectivity index is 2.64. The lowest BCUT2D eigenvalue weighted by atomic mass is 9.94. The number of carboxylic acid groups (broad SMARTS) is 1. The molecule has 0 unspecified atom stereocenters. The molecule has 0 radical (unpaired) electrons. The summed E-state index contributed by atoms with van der Waals surface area (Å²) in [6.45, 7) is 5.88. The first-order valence-electron chi connectivity index (χ1n) is 6.30. The number of aromatic nitrogens is 2. The molecule has 0 aliphatic carbocycles. The smallest absolute Gasteiger partial charge is 0.329 e. The topological polar surface area (TPSA) is 64.2 Å². The number of fused-ring (bicyclic) bond motifs is 1. The van der Waals surface area contributed by atoms with Crippen molar-refractivity contribution in [2.24, 2.45) is 5.41 Å². The highest BCUT2D eigenvalue weighted by Gasteiger charge is 2.29. The van der Waals surface area contributed by atoms with Crippen molar-refractivity contribution in [3.63, 3.8) is 0 Å². The summed E-state index contributed by atoms with van der Waals surface area (Å²) in [5.41, 5.74) is 0.491. The van der Waals surface area contributed by atoms with Crippen LogP contribution in [0.3, 0.4) is 0 Å². The van der Waals surface area contributed by atoms with Crippen LogP contribution in [0.1, 0.15) is 20.8 Å². The van der Waals surface area contributed by atoms with E-state index in [2.05, 4.69) is 0 Å². The highest BCUT2D eigenvalue weighted by atomic mass is 16.4. The maximum Gasteiger partial charge on any atom is 0.329 e. The van der Waals surface area contributed by atoms with Crippen molar-refractivity contribution >= 4 is 17.0 Å². The zero-order valence-electron chi connectivity index (χ0n) is 11.4. The molecule has 0 saturated heterocycles. The highest BCUT2D eigenvalue weighted by molar-refractivity contribution is 5.77. The van der Waals surface area contributed by atoms with Crippen molar-refractivity contribution in [1.29, 1.82) is 0 Å². The minimum Gasteiger partial charge on any atom is -0.481 e. The van der Waals surface area contributed by atoms with E-state index in [-0.39, 0.29) is 12.2 Å². The second-order valence-electron chi connectivity index (χ2n) is 5.29. The first-order valence-corrected chi connectivity index (χ1v) is 6.30. The summed E-state index contributed by atoms with van der Waals surface area (Å²) >= 11 is 0. The van der Waals surface area contributed by atoms with Crippen molar-refractivity contribution in [2.45, 2.75) is 33.9 Å². The maximum atomic E-state index is 12.4. The molecule has 1 aromatic heterocycles. The summed E-state index contributed by atoms with van der Waals surface area (Å²) in [7, 11) is 0. The van der Waals surface area contributed by atoms with Crippen LogP contribution >= 0.6 is 0 Å². The Hall–Kier alpha value is -2.04. The van der Waals surface area contributed by atoms with Gasteiger partial charge in [0.2, 0.25) is 0 Å². The number of para-hydroxylation sites is 2. The summed E-state index contributed by atoms with van der Waals surface area (Å²) in [5.74, 6) is -0.910. The number of nitrogens with zero attached hydrogens (tertiary/aromatic N) is 2. The van der Waals surface area contributed by atoms with Crippen LogP contribution < -0.4 is 5.69 Å². The van der Waals surface area contributed by atoms with Gasteiger partial charge in [-0.3, -0.25) is 13.9 Å². The van der Waals surface area contributed by atoms with Crippen LogP contribution in [0.2, 0.25) is 0 Å². The Kier molecular flexibility index (Phi) is 3.22. The third-order valence-corrected chi connectivity index (χ3v) is 3.37. The summed E-state index contributed by atoms with van der Waals surface area (Å²) in [6.07, 6.45) is 0. The Morgan fingerprint density at radius 1 is 1.21 bits per heavy atom. The normalized spacial score (nSPS) is 11.9. The molecule has 1 N–H and O–H groups in total. The first kappa shape index (κ1) is 13.4. The SMILES string of the molecule is CCn1c(=O)n(CC(C)(C)C(=O)O)c2ccccc21. The van der Waals surface area contributed by atoms with Crippen LogP contribution in [-0.2, 0) is 17.9 Å². The van der Waals surface area contributed by atoms with Gasteiger partial charge in [-0.15, -0.1) is 0 Å². The van der Waals surface area contributed by atoms with E-state index in [0.717, 1.165) is 11.0 Å². The van der Waals surface area contributed by atoms with Crippen LogP contribution in [-0.4, -0.2) is 20.2 Å². The van der Waals surface area contributed by atoms with E-state index < -0.39 is 11.4 Å². The lowest BCUT2D eigenvalue weighted by molar-refractivity contribution is -0.147. The van der Waals surface area contributed by atoms with Gasteiger partial charge in [0.05, 0.1) is 16.4 Å². The number of rotatable bonds is 4. The summed E-state index contributed by atoms with van der Waals surface area (Å²) < 4.78 is 3.21. The summed E-state index contributed by atoms with van der Waals surface area (Å²) in [6, 6.07) is 7.46. The second-order valence-corrected chi connectivity index (χ2v) is 5.29. The van der Waals surface area contributed by atoms with Crippen molar-refractivity contribution in [3.8, 4) is 0 Å². The van der Waals surface area contributed by atoms with E-state index in [1.54, 1.807) is 23.0 Å². The molecule has 0 spiro atoms. The molecule has 2 rings (SSSR count). The molecular weight excluding hydrogens is 244 g/mol. The van der Waals surface area contributed by atoms with E-state index in [9.17, 15) is 14.7 Å². The maximum absolute atomic E-state index is 12.4. The quantitative estimate of drug-likeness (QED) is 0.915. The zero-order chi connectivity index (χ0) is 14.2. The number of aliphatic carboxylic acids is 1. The largest absolute Gasteiger partial charge is 0.481 e. The summed E-state index contributed by atoms with van der Waals surface area (Å²) in [5, 5.41) is 9.21. The molecule has 0 fully saturated rings. The van der Waals surface area contributed by atoms with E-state index in [1.807, 2.05) is 31.2 Å². The molecule has 102 valence electrons. The highest BCUT2D eigenvalue weighted by Crippen LogP contribution is 2.21. The van der Waals surface area contributed by atoms with Crippen LogP contribution in [0.5, 0.6) is 0 Å². The van der Waals surface area contributed by atoms with Gasteiger partial charge in [-0.1, -0.05) is 12.1 Å². The Morgan fingerprint density at radius 3 is 2.21 bits per heavy atom. The molecule has 0 amide bonds. The molecule has 0 saturated carbocycles. The lowest BCUT2D eigenvalue weighted by Gasteiger charge is -2.19. The van der Waals surface area contributed by atoms with Crippen LogP contribution in [0, 0.1) is 5.41 Å². The van der Waals surface area contributed by atoms with Crippen molar-refractivity contribution in [2.75, 3.05) is 0 Å². The van der Waals surface area contributed by atoms with Crippen LogP contribution in [0.25, 0.3) is 11.0 Å². The lowest BCUT2D eigenvalue weighted by Crippen LogP contribution is -2.34. The monoisotopic (exact) mass is 262 g/mol. The predicted molar refractivity (Wildman–Crippen MR) is 73.3 cm³/mol. The van der Waals surface area contributed by atoms with Gasteiger partial charge in [-0.2, -0.15) is 0 Å². The van der Waals surface area contributed by atoms with Gasteiger partial charge in [0, 0.05) is 13.1 Å². The van der Waals surface area contributed by atoms with E-state index in [1.165, 1.54) is 0 Å². The first-order chi connectivity index (χ1) is 8.88. The molecule has 0 atom stereocenters. The number of hydrogen-bond acceptors (Lipinski definition) is 2. The number of carboxylic acids is 1. The van der Waals surface area contributed by atoms with Gasteiger partial charge in [-0.25, -0.2) is 4.79 Å². The minimum absolute atomic E-state index is 0.155. The zero-order valence-corrected chi connectivity index (χ0v) is 11.4. The molecular formula is C14H18N2O3. The Bertz CT molecular complexity index is 680. The van der Waals surface area contributed by atoms with Crippen molar-refractivity contribution < 1.29 is 9.90 Å². The molecule has 5 heteroatoms. The minimum atomic E-state index is -0.980. The van der Waals surface area contributed by atoms with Gasteiger partial charge in [0.25, 0.3) is 0 Å². The molecule has 19 heavy (non-hydrogen) atoms. The van der Waals surface area contributed by atoms with Gasteiger partial charge in [0.15, 0.2) is 0 Å². The molecule has 0 aliphatic rings. The van der Waals surface area contributed by atoms with Gasteiger partial charge >= 0.3 is 11.7 Å². The fourth-order valence-corrected chi connectivity index (χ4v) is 2.19. The molecule has 1 aromatic carbocycles. The fourth-order valence-electron chi connectivity index (χ4n) is 2.19. The average molecular weight is 262 g/mol. The molecule has 0 aliphatic heterocycles. The number of benzene rings is 1. The number of aryl methyl sites for hydroxylation is 1. The molecule has 2 aromatic rings. The number of carbonyl (C=O) groups is 1. The third-order valence-electron chi connectivity index (χ3n) is 3.37. The van der Waals surface area contributed by atoms with Gasteiger partial charge in [0.1, 0.15) is 0 Å². The van der Waals surface area contributed by atoms with Gasteiger partial charge in [-0.05, 0) is 32.9 Å². The fraction of sp³-hybridized carbons (Fsp3) is 0.429. The van der Waals surface area contributed by atoms with Crippen molar-refractivity contribution in [1.82, 2.24) is 9.13 Å².